The Balaban J connectivity index is 2.66. The molecule has 18 heavy (non-hydrogen) atoms. The van der Waals surface area contributed by atoms with E-state index in [1.807, 2.05) is 13.8 Å². The molecular formula is C12H10N4OS. The molecule has 0 saturated heterocycles. The number of allylic oxidation sites excluding steroid dienone is 1. The van der Waals surface area contributed by atoms with Crippen molar-refractivity contribution < 1.29 is 4.79 Å². The van der Waals surface area contributed by atoms with Gasteiger partial charge >= 0.3 is 0 Å². The Morgan fingerprint density at radius 1 is 1.33 bits per heavy atom. The molecule has 1 aliphatic heterocycles. The molecule has 5 nitrogen and oxygen atoms in total. The van der Waals surface area contributed by atoms with E-state index in [4.69, 9.17) is 10.5 Å². The maximum absolute atomic E-state index is 12.2. The number of rotatable bonds is 0. The fourth-order valence-electron chi connectivity index (χ4n) is 1.79. The summed E-state index contributed by atoms with van der Waals surface area (Å²) in [7, 11) is 1.55. The van der Waals surface area contributed by atoms with Crippen molar-refractivity contribution in [2.24, 2.45) is 0 Å². The van der Waals surface area contributed by atoms with Crippen LogP contribution in [0.3, 0.4) is 0 Å². The number of carbonyl (C=O) groups excluding carboxylic acids is 1. The monoisotopic (exact) mass is 258 g/mol. The van der Waals surface area contributed by atoms with E-state index in [1.165, 1.54) is 16.2 Å². The first kappa shape index (κ1) is 12.2. The van der Waals surface area contributed by atoms with Crippen molar-refractivity contribution in [3.8, 4) is 12.1 Å². The van der Waals surface area contributed by atoms with Crippen LogP contribution in [0, 0.1) is 36.5 Å². The average Bonchev–Trinajstić information content (AvgIpc) is 2.63. The first-order valence-electron chi connectivity index (χ1n) is 5.20. The summed E-state index contributed by atoms with van der Waals surface area (Å²) in [5.74, 6) is 0.0577. The van der Waals surface area contributed by atoms with Crippen molar-refractivity contribution in [3.63, 3.8) is 0 Å². The SMILES string of the molecule is Cc1sc2c(c1C)C(=O)N(C)C(=C(C#N)C#N)N2. The lowest BCUT2D eigenvalue weighted by atomic mass is 10.1. The number of thiophene rings is 1. The van der Waals surface area contributed by atoms with Gasteiger partial charge in [-0.25, -0.2) is 0 Å². The molecule has 0 fully saturated rings. The minimum atomic E-state index is -0.191. The van der Waals surface area contributed by atoms with Gasteiger partial charge in [-0.15, -0.1) is 11.3 Å². The topological polar surface area (TPSA) is 79.9 Å². The van der Waals surface area contributed by atoms with Gasteiger partial charge in [0, 0.05) is 11.9 Å². The second kappa shape index (κ2) is 4.17. The van der Waals surface area contributed by atoms with E-state index in [0.717, 1.165) is 10.4 Å². The van der Waals surface area contributed by atoms with Gasteiger partial charge in [0.2, 0.25) is 0 Å². The lowest BCUT2D eigenvalue weighted by Crippen LogP contribution is -2.35. The third-order valence-electron chi connectivity index (χ3n) is 2.93. The number of anilines is 1. The summed E-state index contributed by atoms with van der Waals surface area (Å²) < 4.78 is 0. The van der Waals surface area contributed by atoms with E-state index in [1.54, 1.807) is 19.2 Å². The maximum atomic E-state index is 12.2. The molecule has 0 spiro atoms. The normalized spacial score (nSPS) is 13.5. The molecule has 1 N–H and O–H groups in total. The number of nitrogens with one attached hydrogen (secondary N) is 1. The van der Waals surface area contributed by atoms with Crippen LogP contribution in [0.2, 0.25) is 0 Å². The number of nitrogens with zero attached hydrogens (tertiary/aromatic N) is 3. The predicted molar refractivity (Wildman–Crippen MR) is 67.8 cm³/mol. The molecule has 1 amide bonds. The Morgan fingerprint density at radius 3 is 2.50 bits per heavy atom. The summed E-state index contributed by atoms with van der Waals surface area (Å²) in [5, 5.41) is 21.5. The summed E-state index contributed by atoms with van der Waals surface area (Å²) in [6, 6.07) is 3.58. The molecular weight excluding hydrogens is 248 g/mol. The van der Waals surface area contributed by atoms with Crippen LogP contribution in [0.5, 0.6) is 0 Å². The molecule has 1 aromatic heterocycles. The van der Waals surface area contributed by atoms with Crippen LogP contribution in [-0.4, -0.2) is 17.9 Å². The average molecular weight is 258 g/mol. The highest BCUT2D eigenvalue weighted by atomic mass is 32.1. The Bertz CT molecular complexity index is 641. The minimum absolute atomic E-state index is 0.0970. The zero-order chi connectivity index (χ0) is 13.4. The Labute approximate surface area is 109 Å². The van der Waals surface area contributed by atoms with E-state index < -0.39 is 0 Å². The number of nitriles is 2. The number of amides is 1. The van der Waals surface area contributed by atoms with E-state index >= 15 is 0 Å². The lowest BCUT2D eigenvalue weighted by molar-refractivity contribution is 0.0832. The van der Waals surface area contributed by atoms with Gasteiger partial charge in [0.15, 0.2) is 5.57 Å². The molecule has 0 atom stereocenters. The number of fused-ring (bicyclic) bond motifs is 1. The van der Waals surface area contributed by atoms with E-state index in [2.05, 4.69) is 5.32 Å². The first-order chi connectivity index (χ1) is 8.51. The number of hydrogen-bond acceptors (Lipinski definition) is 5. The summed E-state index contributed by atoms with van der Waals surface area (Å²) in [6.07, 6.45) is 0. The fourth-order valence-corrected chi connectivity index (χ4v) is 2.85. The minimum Gasteiger partial charge on any atom is -0.331 e. The molecule has 0 unspecified atom stereocenters. The van der Waals surface area contributed by atoms with Crippen LogP contribution in [-0.2, 0) is 0 Å². The van der Waals surface area contributed by atoms with Crippen molar-refractivity contribution in [2.75, 3.05) is 12.4 Å². The van der Waals surface area contributed by atoms with Crippen molar-refractivity contribution in [3.05, 3.63) is 27.4 Å². The summed E-state index contributed by atoms with van der Waals surface area (Å²) in [4.78, 5) is 14.6. The van der Waals surface area contributed by atoms with Crippen molar-refractivity contribution in [1.82, 2.24) is 4.90 Å². The fraction of sp³-hybridized carbons (Fsp3) is 0.250. The Morgan fingerprint density at radius 2 is 1.94 bits per heavy atom. The van der Waals surface area contributed by atoms with Gasteiger partial charge in [-0.3, -0.25) is 9.69 Å². The number of carbonyl (C=O) groups is 1. The molecule has 0 aromatic carbocycles. The van der Waals surface area contributed by atoms with Gasteiger partial charge in [0.1, 0.15) is 23.0 Å². The molecule has 1 aliphatic rings. The van der Waals surface area contributed by atoms with E-state index in [0.29, 0.717) is 10.6 Å². The third-order valence-corrected chi connectivity index (χ3v) is 4.05. The highest BCUT2D eigenvalue weighted by molar-refractivity contribution is 7.16. The standard InChI is InChI=1S/C12H10N4OS/c1-6-7(2)18-11-9(6)12(17)16(3)10(15-11)8(4-13)5-14/h15H,1-3H3. The second-order valence-electron chi connectivity index (χ2n) is 3.92. The van der Waals surface area contributed by atoms with Gasteiger partial charge < -0.3 is 5.32 Å². The molecule has 1 aromatic rings. The molecule has 6 heteroatoms. The third kappa shape index (κ3) is 1.55. The van der Waals surface area contributed by atoms with Gasteiger partial charge in [0.25, 0.3) is 5.91 Å². The quantitative estimate of drug-likeness (QED) is 0.723. The maximum Gasteiger partial charge on any atom is 0.262 e. The van der Waals surface area contributed by atoms with Gasteiger partial charge in [-0.05, 0) is 19.4 Å². The zero-order valence-electron chi connectivity index (χ0n) is 10.2. The van der Waals surface area contributed by atoms with Crippen LogP contribution < -0.4 is 5.32 Å². The molecule has 0 radical (unpaired) electrons. The molecule has 0 bridgehead atoms. The largest absolute Gasteiger partial charge is 0.331 e. The van der Waals surface area contributed by atoms with Gasteiger partial charge in [-0.2, -0.15) is 10.5 Å². The molecule has 2 rings (SSSR count). The van der Waals surface area contributed by atoms with E-state index in [9.17, 15) is 4.79 Å². The molecule has 90 valence electrons. The first-order valence-corrected chi connectivity index (χ1v) is 6.02. The van der Waals surface area contributed by atoms with Crippen LogP contribution >= 0.6 is 11.3 Å². The van der Waals surface area contributed by atoms with E-state index in [-0.39, 0.29) is 17.3 Å². The second-order valence-corrected chi connectivity index (χ2v) is 5.15. The summed E-state index contributed by atoms with van der Waals surface area (Å²) in [5.41, 5.74) is 1.47. The van der Waals surface area contributed by atoms with Crippen molar-refractivity contribution in [2.45, 2.75) is 13.8 Å². The number of hydrogen-bond donors (Lipinski definition) is 1. The highest BCUT2D eigenvalue weighted by Gasteiger charge is 2.31. The number of aryl methyl sites for hydroxylation is 1. The van der Waals surface area contributed by atoms with Crippen LogP contribution in [0.4, 0.5) is 5.00 Å². The summed E-state index contributed by atoms with van der Waals surface area (Å²) >= 11 is 1.45. The van der Waals surface area contributed by atoms with Crippen molar-refractivity contribution in [1.29, 1.82) is 10.5 Å². The Hall–Kier alpha value is -2.31. The predicted octanol–water partition coefficient (Wildman–Crippen LogP) is 2.12. The zero-order valence-corrected chi connectivity index (χ0v) is 11.0. The van der Waals surface area contributed by atoms with Gasteiger partial charge in [-0.1, -0.05) is 0 Å². The smallest absolute Gasteiger partial charge is 0.262 e. The highest BCUT2D eigenvalue weighted by Crippen LogP contribution is 2.38. The van der Waals surface area contributed by atoms with Crippen molar-refractivity contribution >= 4 is 22.2 Å². The van der Waals surface area contributed by atoms with Gasteiger partial charge in [0.05, 0.1) is 5.56 Å². The Kier molecular flexibility index (Phi) is 2.82. The molecule has 0 saturated carbocycles. The molecule has 2 heterocycles. The lowest BCUT2D eigenvalue weighted by Gasteiger charge is -2.27. The van der Waals surface area contributed by atoms with Crippen LogP contribution in [0.15, 0.2) is 11.4 Å². The summed E-state index contributed by atoms with van der Waals surface area (Å²) in [6.45, 7) is 3.83. The van der Waals surface area contributed by atoms with Crippen LogP contribution in [0.1, 0.15) is 20.8 Å². The van der Waals surface area contributed by atoms with Crippen LogP contribution in [0.25, 0.3) is 0 Å². The molecule has 0 aliphatic carbocycles.